The highest BCUT2D eigenvalue weighted by atomic mass is 35.5. The summed E-state index contributed by atoms with van der Waals surface area (Å²) in [6.07, 6.45) is 1.68. The molecule has 1 aliphatic rings. The number of hydrogen-bond donors (Lipinski definition) is 3. The smallest absolute Gasteiger partial charge is 0.167 e. The van der Waals surface area contributed by atoms with E-state index in [0.29, 0.717) is 11.0 Å². The van der Waals surface area contributed by atoms with E-state index in [0.717, 1.165) is 23.4 Å². The Hall–Kier alpha value is -0.840. The van der Waals surface area contributed by atoms with Gasteiger partial charge in [-0.25, -0.2) is 0 Å². The molecule has 2 atom stereocenters. The van der Waals surface area contributed by atoms with Crippen LogP contribution in [0, 0.1) is 5.92 Å². The molecule has 0 radical (unpaired) electrons. The van der Waals surface area contributed by atoms with Gasteiger partial charge in [-0.15, -0.1) is 0 Å². The number of nitrogens with one attached hydrogen (secondary N) is 2. The first-order valence-electron chi connectivity index (χ1n) is 7.25. The van der Waals surface area contributed by atoms with E-state index < -0.39 is 0 Å². The zero-order chi connectivity index (χ0) is 15.7. The third kappa shape index (κ3) is 3.87. The summed E-state index contributed by atoms with van der Waals surface area (Å²) >= 11 is 11.8. The Balaban J connectivity index is 2.21. The molecule has 3 N–H and O–H groups in total. The fourth-order valence-corrected chi connectivity index (χ4v) is 3.57. The Morgan fingerprint density at radius 3 is 2.67 bits per heavy atom. The minimum Gasteiger partial charge on any atom is -0.396 e. The summed E-state index contributed by atoms with van der Waals surface area (Å²) in [4.78, 5) is 0. The Morgan fingerprint density at radius 2 is 2.10 bits per heavy atom. The third-order valence-electron chi connectivity index (χ3n) is 3.76. The predicted octanol–water partition coefficient (Wildman–Crippen LogP) is 3.20. The number of benzene rings is 1. The summed E-state index contributed by atoms with van der Waals surface area (Å²) in [6.45, 7) is 6.39. The van der Waals surface area contributed by atoms with E-state index in [9.17, 15) is 5.11 Å². The van der Waals surface area contributed by atoms with E-state index in [1.54, 1.807) is 0 Å². The standard InChI is InChI=1S/C16H23ClN2OS/c1-15(2,3)18-14(21)19-16(10-11(16)8-9-20)12-6-4-5-7-13(12)17/h4-7,11,20H,8-10H2,1-3H3,(H2,18,19,21). The number of aliphatic hydroxyl groups is 1. The summed E-state index contributed by atoms with van der Waals surface area (Å²) in [5.41, 5.74) is 0.715. The fraction of sp³-hybridized carbons (Fsp3) is 0.562. The maximum Gasteiger partial charge on any atom is 0.167 e. The van der Waals surface area contributed by atoms with Gasteiger partial charge in [0.2, 0.25) is 0 Å². The van der Waals surface area contributed by atoms with Crippen LogP contribution in [-0.4, -0.2) is 22.4 Å². The molecule has 0 aliphatic heterocycles. The van der Waals surface area contributed by atoms with Crippen LogP contribution in [0.15, 0.2) is 24.3 Å². The van der Waals surface area contributed by atoms with Crippen LogP contribution in [0.3, 0.4) is 0 Å². The number of rotatable bonds is 4. The van der Waals surface area contributed by atoms with Crippen molar-refractivity contribution in [3.05, 3.63) is 34.9 Å². The van der Waals surface area contributed by atoms with Crippen molar-refractivity contribution < 1.29 is 5.11 Å². The molecule has 0 amide bonds. The highest BCUT2D eigenvalue weighted by Gasteiger charge is 2.56. The number of hydrogen-bond acceptors (Lipinski definition) is 2. The van der Waals surface area contributed by atoms with Crippen molar-refractivity contribution in [2.45, 2.75) is 44.7 Å². The van der Waals surface area contributed by atoms with Crippen LogP contribution < -0.4 is 10.6 Å². The second-order valence-corrected chi connectivity index (χ2v) is 7.51. The molecule has 5 heteroatoms. The minimum atomic E-state index is -0.254. The molecule has 3 nitrogen and oxygen atoms in total. The SMILES string of the molecule is CC(C)(C)NC(=S)NC1(c2ccccc2Cl)CC1CCO. The van der Waals surface area contributed by atoms with Crippen LogP contribution in [-0.2, 0) is 5.54 Å². The van der Waals surface area contributed by atoms with Crippen LogP contribution in [0.25, 0.3) is 0 Å². The van der Waals surface area contributed by atoms with Gasteiger partial charge in [-0.2, -0.15) is 0 Å². The molecule has 2 rings (SSSR count). The van der Waals surface area contributed by atoms with Gasteiger partial charge in [0.05, 0.1) is 5.54 Å². The fourth-order valence-electron chi connectivity index (χ4n) is 2.78. The molecule has 0 bridgehead atoms. The van der Waals surface area contributed by atoms with Crippen molar-refractivity contribution in [3.8, 4) is 0 Å². The van der Waals surface area contributed by atoms with Crippen molar-refractivity contribution in [3.63, 3.8) is 0 Å². The van der Waals surface area contributed by atoms with E-state index in [4.69, 9.17) is 23.8 Å². The van der Waals surface area contributed by atoms with Crippen molar-refractivity contribution in [1.29, 1.82) is 0 Å². The first-order chi connectivity index (χ1) is 9.78. The van der Waals surface area contributed by atoms with Gasteiger partial charge in [0, 0.05) is 17.2 Å². The van der Waals surface area contributed by atoms with Crippen LogP contribution in [0.1, 0.15) is 39.2 Å². The van der Waals surface area contributed by atoms with Gasteiger partial charge in [0.25, 0.3) is 0 Å². The summed E-state index contributed by atoms with van der Waals surface area (Å²) in [6, 6.07) is 7.84. The molecule has 0 saturated heterocycles. The molecule has 1 aromatic carbocycles. The minimum absolute atomic E-state index is 0.0902. The average molecular weight is 327 g/mol. The predicted molar refractivity (Wildman–Crippen MR) is 91.6 cm³/mol. The normalized spacial score (nSPS) is 24.5. The lowest BCUT2D eigenvalue weighted by atomic mass is 10.0. The second-order valence-electron chi connectivity index (χ2n) is 6.69. The number of thiocarbonyl (C=S) groups is 1. The Labute approximate surface area is 137 Å². The van der Waals surface area contributed by atoms with E-state index in [2.05, 4.69) is 31.4 Å². The van der Waals surface area contributed by atoms with Crippen LogP contribution in [0.4, 0.5) is 0 Å². The zero-order valence-corrected chi connectivity index (χ0v) is 14.3. The monoisotopic (exact) mass is 326 g/mol. The largest absolute Gasteiger partial charge is 0.396 e. The van der Waals surface area contributed by atoms with Crippen LogP contribution in [0.5, 0.6) is 0 Å². The third-order valence-corrected chi connectivity index (χ3v) is 4.30. The molecule has 0 heterocycles. The van der Waals surface area contributed by atoms with E-state index in [1.807, 2.05) is 24.3 Å². The first kappa shape index (κ1) is 16.5. The average Bonchev–Trinajstić information content (AvgIpc) is 3.01. The molecular formula is C16H23ClN2OS. The number of halogens is 1. The molecule has 1 saturated carbocycles. The Bertz CT molecular complexity index is 529. The lowest BCUT2D eigenvalue weighted by molar-refractivity contribution is 0.273. The van der Waals surface area contributed by atoms with Crippen molar-refractivity contribution in [2.75, 3.05) is 6.61 Å². The van der Waals surface area contributed by atoms with Crippen LogP contribution in [0.2, 0.25) is 5.02 Å². The molecular weight excluding hydrogens is 304 g/mol. The van der Waals surface area contributed by atoms with E-state index >= 15 is 0 Å². The van der Waals surface area contributed by atoms with E-state index in [1.165, 1.54) is 0 Å². The topological polar surface area (TPSA) is 44.3 Å². The van der Waals surface area contributed by atoms with Gasteiger partial charge in [0.15, 0.2) is 5.11 Å². The van der Waals surface area contributed by atoms with Gasteiger partial charge in [-0.3, -0.25) is 0 Å². The summed E-state index contributed by atoms with van der Waals surface area (Å²) in [5.74, 6) is 0.349. The Kier molecular flexibility index (Phi) is 4.81. The lowest BCUT2D eigenvalue weighted by Crippen LogP contribution is -2.50. The summed E-state index contributed by atoms with van der Waals surface area (Å²) in [5, 5.41) is 17.3. The summed E-state index contributed by atoms with van der Waals surface area (Å²) in [7, 11) is 0. The quantitative estimate of drug-likeness (QED) is 0.743. The van der Waals surface area contributed by atoms with Crippen molar-refractivity contribution in [2.24, 2.45) is 5.92 Å². The molecule has 21 heavy (non-hydrogen) atoms. The molecule has 1 fully saturated rings. The Morgan fingerprint density at radius 1 is 1.43 bits per heavy atom. The molecule has 1 aromatic rings. The highest BCUT2D eigenvalue weighted by Crippen LogP contribution is 2.55. The van der Waals surface area contributed by atoms with E-state index in [-0.39, 0.29) is 17.7 Å². The molecule has 0 spiro atoms. The summed E-state index contributed by atoms with van der Waals surface area (Å²) < 4.78 is 0. The van der Waals surface area contributed by atoms with Gasteiger partial charge >= 0.3 is 0 Å². The second kappa shape index (κ2) is 6.11. The maximum atomic E-state index is 9.24. The van der Waals surface area contributed by atoms with Crippen LogP contribution >= 0.6 is 23.8 Å². The molecule has 116 valence electrons. The van der Waals surface area contributed by atoms with Gasteiger partial charge in [-0.1, -0.05) is 29.8 Å². The maximum absolute atomic E-state index is 9.24. The van der Waals surface area contributed by atoms with Crippen molar-refractivity contribution >= 4 is 28.9 Å². The van der Waals surface area contributed by atoms with Gasteiger partial charge in [-0.05, 0) is 63.4 Å². The number of aliphatic hydroxyl groups excluding tert-OH is 1. The van der Waals surface area contributed by atoms with Gasteiger partial charge < -0.3 is 15.7 Å². The van der Waals surface area contributed by atoms with Gasteiger partial charge in [0.1, 0.15) is 0 Å². The molecule has 0 aromatic heterocycles. The molecule has 2 unspecified atom stereocenters. The highest BCUT2D eigenvalue weighted by molar-refractivity contribution is 7.80. The zero-order valence-electron chi connectivity index (χ0n) is 12.7. The van der Waals surface area contributed by atoms with Crippen molar-refractivity contribution in [1.82, 2.24) is 10.6 Å². The molecule has 1 aliphatic carbocycles. The first-order valence-corrected chi connectivity index (χ1v) is 8.03. The lowest BCUT2D eigenvalue weighted by Gasteiger charge is -2.28.